The summed E-state index contributed by atoms with van der Waals surface area (Å²) in [4.78, 5) is 21.8. The van der Waals surface area contributed by atoms with Crippen LogP contribution in [0.5, 0.6) is 11.5 Å². The lowest BCUT2D eigenvalue weighted by atomic mass is 9.95. The normalized spacial score (nSPS) is 15.5. The van der Waals surface area contributed by atoms with E-state index in [1.165, 1.54) is 0 Å². The first-order valence-corrected chi connectivity index (χ1v) is 8.89. The van der Waals surface area contributed by atoms with E-state index < -0.39 is 0 Å². The van der Waals surface area contributed by atoms with Crippen LogP contribution in [0.1, 0.15) is 38.3 Å². The first-order chi connectivity index (χ1) is 12.5. The SMILES string of the molecule is COc1ccc(-c2cnc3c(n2)C(C(=O)CCC(C)C)CN3)cc1OC. The van der Waals surface area contributed by atoms with Crippen molar-refractivity contribution in [3.63, 3.8) is 0 Å². The van der Waals surface area contributed by atoms with E-state index in [2.05, 4.69) is 24.1 Å². The molecule has 3 rings (SSSR count). The number of benzene rings is 1. The molecule has 6 nitrogen and oxygen atoms in total. The molecule has 0 radical (unpaired) electrons. The van der Waals surface area contributed by atoms with Gasteiger partial charge in [-0.3, -0.25) is 4.79 Å². The molecule has 0 amide bonds. The quantitative estimate of drug-likeness (QED) is 0.817. The summed E-state index contributed by atoms with van der Waals surface area (Å²) in [6.45, 7) is 4.83. The maximum absolute atomic E-state index is 12.6. The first-order valence-electron chi connectivity index (χ1n) is 8.89. The summed E-state index contributed by atoms with van der Waals surface area (Å²) in [6.07, 6.45) is 3.19. The number of Topliss-reactive ketones (excluding diaryl/α,β-unsaturated/α-hetero) is 1. The number of ether oxygens (including phenoxy) is 2. The molecule has 1 aromatic carbocycles. The van der Waals surface area contributed by atoms with Gasteiger partial charge in [-0.05, 0) is 30.5 Å². The van der Waals surface area contributed by atoms with Gasteiger partial charge in [0.2, 0.25) is 0 Å². The van der Waals surface area contributed by atoms with Crippen molar-refractivity contribution < 1.29 is 14.3 Å². The fourth-order valence-electron chi connectivity index (χ4n) is 3.08. The Morgan fingerprint density at radius 1 is 1.27 bits per heavy atom. The van der Waals surface area contributed by atoms with Gasteiger partial charge in [0.1, 0.15) is 11.6 Å². The number of nitrogens with zero attached hydrogens (tertiary/aromatic N) is 2. The summed E-state index contributed by atoms with van der Waals surface area (Å²) >= 11 is 0. The number of carbonyl (C=O) groups excluding carboxylic acids is 1. The minimum absolute atomic E-state index is 0.226. The molecule has 138 valence electrons. The van der Waals surface area contributed by atoms with Crippen LogP contribution >= 0.6 is 0 Å². The number of ketones is 1. The van der Waals surface area contributed by atoms with E-state index in [4.69, 9.17) is 14.5 Å². The fraction of sp³-hybridized carbons (Fsp3) is 0.450. The van der Waals surface area contributed by atoms with Gasteiger partial charge in [0.05, 0.1) is 37.7 Å². The number of hydrogen-bond acceptors (Lipinski definition) is 6. The number of rotatable bonds is 7. The van der Waals surface area contributed by atoms with Crippen LogP contribution in [0.25, 0.3) is 11.3 Å². The smallest absolute Gasteiger partial charge is 0.161 e. The number of carbonyl (C=O) groups is 1. The van der Waals surface area contributed by atoms with E-state index in [9.17, 15) is 4.79 Å². The Bertz CT molecular complexity index is 805. The average Bonchev–Trinajstić information content (AvgIpc) is 3.08. The lowest BCUT2D eigenvalue weighted by Crippen LogP contribution is -2.16. The Morgan fingerprint density at radius 2 is 2.04 bits per heavy atom. The molecular weight excluding hydrogens is 330 g/mol. The molecule has 0 saturated carbocycles. The molecule has 2 aromatic rings. The topological polar surface area (TPSA) is 73.3 Å². The second-order valence-electron chi connectivity index (χ2n) is 6.89. The van der Waals surface area contributed by atoms with Crippen LogP contribution in [0.2, 0.25) is 0 Å². The van der Waals surface area contributed by atoms with Crippen molar-refractivity contribution in [1.82, 2.24) is 9.97 Å². The molecule has 0 bridgehead atoms. The summed E-state index contributed by atoms with van der Waals surface area (Å²) < 4.78 is 10.6. The number of aromatic nitrogens is 2. The Hall–Kier alpha value is -2.63. The van der Waals surface area contributed by atoms with E-state index in [1.807, 2.05) is 18.2 Å². The largest absolute Gasteiger partial charge is 0.493 e. The van der Waals surface area contributed by atoms with E-state index in [0.717, 1.165) is 23.4 Å². The van der Waals surface area contributed by atoms with Gasteiger partial charge in [-0.15, -0.1) is 0 Å². The van der Waals surface area contributed by atoms with Crippen molar-refractivity contribution in [2.24, 2.45) is 5.92 Å². The Labute approximate surface area is 154 Å². The van der Waals surface area contributed by atoms with Gasteiger partial charge in [-0.25, -0.2) is 9.97 Å². The lowest BCUT2D eigenvalue weighted by Gasteiger charge is -2.12. The van der Waals surface area contributed by atoms with Gasteiger partial charge < -0.3 is 14.8 Å². The molecule has 1 N–H and O–H groups in total. The maximum atomic E-state index is 12.6. The predicted molar refractivity (Wildman–Crippen MR) is 101 cm³/mol. The third-order valence-electron chi connectivity index (χ3n) is 4.64. The second kappa shape index (κ2) is 7.72. The van der Waals surface area contributed by atoms with Crippen LogP contribution in [0.15, 0.2) is 24.4 Å². The fourth-order valence-corrected chi connectivity index (χ4v) is 3.08. The van der Waals surface area contributed by atoms with E-state index in [-0.39, 0.29) is 11.7 Å². The Kier molecular flexibility index (Phi) is 5.40. The van der Waals surface area contributed by atoms with Crippen LogP contribution < -0.4 is 14.8 Å². The number of methoxy groups -OCH3 is 2. The van der Waals surface area contributed by atoms with Crippen molar-refractivity contribution in [3.8, 4) is 22.8 Å². The van der Waals surface area contributed by atoms with Crippen molar-refractivity contribution in [2.45, 2.75) is 32.6 Å². The molecular formula is C20H25N3O3. The summed E-state index contributed by atoms with van der Waals surface area (Å²) in [6, 6.07) is 5.62. The van der Waals surface area contributed by atoms with Crippen LogP contribution in [0.3, 0.4) is 0 Å². The lowest BCUT2D eigenvalue weighted by molar-refractivity contribution is -0.120. The van der Waals surface area contributed by atoms with Crippen LogP contribution in [-0.2, 0) is 4.79 Å². The molecule has 1 atom stereocenters. The summed E-state index contributed by atoms with van der Waals surface area (Å²) in [5.41, 5.74) is 2.33. The number of anilines is 1. The molecule has 1 aliphatic rings. The second-order valence-corrected chi connectivity index (χ2v) is 6.89. The van der Waals surface area contributed by atoms with E-state index in [1.54, 1.807) is 20.4 Å². The highest BCUT2D eigenvalue weighted by Crippen LogP contribution is 2.35. The van der Waals surface area contributed by atoms with Gasteiger partial charge in [0.15, 0.2) is 11.5 Å². The molecule has 1 unspecified atom stereocenters. The van der Waals surface area contributed by atoms with Gasteiger partial charge in [-0.2, -0.15) is 0 Å². The number of nitrogens with one attached hydrogen (secondary N) is 1. The molecule has 1 aromatic heterocycles. The molecule has 0 fully saturated rings. The van der Waals surface area contributed by atoms with Crippen LogP contribution in [-0.4, -0.2) is 36.5 Å². The van der Waals surface area contributed by atoms with Crippen molar-refractivity contribution in [1.29, 1.82) is 0 Å². The number of fused-ring (bicyclic) bond motifs is 1. The van der Waals surface area contributed by atoms with Crippen molar-refractivity contribution in [2.75, 3.05) is 26.1 Å². The van der Waals surface area contributed by atoms with Crippen LogP contribution in [0.4, 0.5) is 5.82 Å². The molecule has 0 aliphatic carbocycles. The molecule has 6 heteroatoms. The maximum Gasteiger partial charge on any atom is 0.161 e. The standard InChI is InChI=1S/C20H25N3O3/c1-12(2)5-7-16(24)14-10-21-20-19(14)23-15(11-22-20)13-6-8-17(25-3)18(9-13)26-4/h6,8-9,11-12,14H,5,7,10H2,1-4H3,(H,21,22). The third kappa shape index (κ3) is 3.64. The zero-order valence-corrected chi connectivity index (χ0v) is 15.7. The first kappa shape index (κ1) is 18.2. The third-order valence-corrected chi connectivity index (χ3v) is 4.64. The van der Waals surface area contributed by atoms with Crippen molar-refractivity contribution >= 4 is 11.6 Å². The monoisotopic (exact) mass is 355 g/mol. The Morgan fingerprint density at radius 3 is 2.73 bits per heavy atom. The van der Waals surface area contributed by atoms with Crippen LogP contribution in [0, 0.1) is 5.92 Å². The van der Waals surface area contributed by atoms with Crippen molar-refractivity contribution in [3.05, 3.63) is 30.1 Å². The minimum atomic E-state index is -0.226. The minimum Gasteiger partial charge on any atom is -0.493 e. The molecule has 2 heterocycles. The Balaban J connectivity index is 1.89. The summed E-state index contributed by atoms with van der Waals surface area (Å²) in [7, 11) is 3.20. The zero-order chi connectivity index (χ0) is 18.7. The molecule has 26 heavy (non-hydrogen) atoms. The van der Waals surface area contributed by atoms with Gasteiger partial charge in [0, 0.05) is 18.5 Å². The summed E-state index contributed by atoms with van der Waals surface area (Å²) in [5.74, 6) is 2.51. The zero-order valence-electron chi connectivity index (χ0n) is 15.7. The molecule has 1 aliphatic heterocycles. The van der Waals surface area contributed by atoms with Gasteiger partial charge in [-0.1, -0.05) is 13.8 Å². The van der Waals surface area contributed by atoms with E-state index >= 15 is 0 Å². The highest BCUT2D eigenvalue weighted by Gasteiger charge is 2.31. The highest BCUT2D eigenvalue weighted by atomic mass is 16.5. The average molecular weight is 355 g/mol. The molecule has 0 spiro atoms. The predicted octanol–water partition coefficient (Wildman–Crippen LogP) is 3.68. The highest BCUT2D eigenvalue weighted by molar-refractivity contribution is 5.88. The van der Waals surface area contributed by atoms with Gasteiger partial charge >= 0.3 is 0 Å². The molecule has 0 saturated heterocycles. The van der Waals surface area contributed by atoms with Gasteiger partial charge in [0.25, 0.3) is 0 Å². The summed E-state index contributed by atoms with van der Waals surface area (Å²) in [5, 5.41) is 3.20. The number of hydrogen-bond donors (Lipinski definition) is 1. The van der Waals surface area contributed by atoms with E-state index in [0.29, 0.717) is 36.2 Å².